The molecule has 0 radical (unpaired) electrons. The molecule has 0 aliphatic carbocycles. The molecular formula is C10H10FNW. The first-order valence-corrected chi connectivity index (χ1v) is 3.24. The molecule has 1 aromatic carbocycles. The van der Waals surface area contributed by atoms with Crippen molar-refractivity contribution < 1.29 is 25.5 Å². The SMILES string of the molecule is Cc1[c-]c(C#N)c(F)c(C)c1.[CH3-].[W+2]. The van der Waals surface area contributed by atoms with Gasteiger partial charge in [-0.3, -0.25) is 9.65 Å². The van der Waals surface area contributed by atoms with Crippen LogP contribution in [0.3, 0.4) is 0 Å². The second kappa shape index (κ2) is 5.89. The average molecular weight is 347 g/mol. The molecule has 0 saturated carbocycles. The smallest absolute Gasteiger partial charge is 0.358 e. The molecule has 0 amide bonds. The Morgan fingerprint density at radius 2 is 2.00 bits per heavy atom. The second-order valence-electron chi connectivity index (χ2n) is 2.44. The van der Waals surface area contributed by atoms with E-state index in [2.05, 4.69) is 6.07 Å². The van der Waals surface area contributed by atoms with Gasteiger partial charge < -0.3 is 7.43 Å². The summed E-state index contributed by atoms with van der Waals surface area (Å²) in [6.07, 6.45) is 0. The van der Waals surface area contributed by atoms with Crippen molar-refractivity contribution in [2.45, 2.75) is 13.8 Å². The third-order valence-electron chi connectivity index (χ3n) is 1.43. The Labute approximate surface area is 92.8 Å². The van der Waals surface area contributed by atoms with Crippen molar-refractivity contribution in [1.29, 1.82) is 5.26 Å². The molecule has 0 fully saturated rings. The third-order valence-corrected chi connectivity index (χ3v) is 1.43. The van der Waals surface area contributed by atoms with Crippen LogP contribution in [0.25, 0.3) is 0 Å². The molecule has 3 heteroatoms. The van der Waals surface area contributed by atoms with Gasteiger partial charge in [0.2, 0.25) is 0 Å². The number of hydrogen-bond acceptors (Lipinski definition) is 1. The second-order valence-corrected chi connectivity index (χ2v) is 2.44. The molecule has 0 unspecified atom stereocenters. The number of hydrogen-bond donors (Lipinski definition) is 0. The van der Waals surface area contributed by atoms with Gasteiger partial charge in [0.05, 0.1) is 0 Å². The van der Waals surface area contributed by atoms with Gasteiger partial charge >= 0.3 is 21.1 Å². The summed E-state index contributed by atoms with van der Waals surface area (Å²) in [6, 6.07) is 6.04. The molecule has 0 bridgehead atoms. The zero-order valence-electron chi connectivity index (χ0n) is 7.81. The van der Waals surface area contributed by atoms with Crippen molar-refractivity contribution in [2.75, 3.05) is 0 Å². The first-order chi connectivity index (χ1) is 5.15. The van der Waals surface area contributed by atoms with E-state index in [0.29, 0.717) is 5.56 Å². The van der Waals surface area contributed by atoms with Crippen LogP contribution in [0.1, 0.15) is 16.7 Å². The van der Waals surface area contributed by atoms with Crippen molar-refractivity contribution >= 4 is 0 Å². The van der Waals surface area contributed by atoms with Crippen LogP contribution in [0.4, 0.5) is 4.39 Å². The normalized spacial score (nSPS) is 7.85. The molecule has 0 aromatic heterocycles. The van der Waals surface area contributed by atoms with Gasteiger partial charge in [0, 0.05) is 5.82 Å². The maximum atomic E-state index is 12.9. The van der Waals surface area contributed by atoms with Crippen molar-refractivity contribution in [3.8, 4) is 6.07 Å². The molecule has 1 nitrogen and oxygen atoms in total. The Kier molecular flexibility index (Phi) is 6.72. The van der Waals surface area contributed by atoms with Gasteiger partial charge in [-0.1, -0.05) is 19.4 Å². The minimum absolute atomic E-state index is 0. The van der Waals surface area contributed by atoms with Crippen LogP contribution >= 0.6 is 0 Å². The summed E-state index contributed by atoms with van der Waals surface area (Å²) in [5.41, 5.74) is 1.29. The summed E-state index contributed by atoms with van der Waals surface area (Å²) in [5, 5.41) is 8.45. The van der Waals surface area contributed by atoms with E-state index in [-0.39, 0.29) is 34.1 Å². The van der Waals surface area contributed by atoms with Gasteiger partial charge in [-0.2, -0.15) is 0 Å². The molecule has 68 valence electrons. The largest absolute Gasteiger partial charge is 2.00 e. The first-order valence-electron chi connectivity index (χ1n) is 3.24. The number of rotatable bonds is 0. The fourth-order valence-electron chi connectivity index (χ4n) is 0.950. The van der Waals surface area contributed by atoms with E-state index in [4.69, 9.17) is 5.26 Å². The van der Waals surface area contributed by atoms with Gasteiger partial charge in [-0.25, -0.2) is 0 Å². The van der Waals surface area contributed by atoms with Crippen LogP contribution in [0.5, 0.6) is 0 Å². The van der Waals surface area contributed by atoms with Crippen LogP contribution in [-0.2, 0) is 21.1 Å². The fourth-order valence-corrected chi connectivity index (χ4v) is 0.950. The van der Waals surface area contributed by atoms with Gasteiger partial charge in [-0.05, 0) is 11.6 Å². The predicted molar refractivity (Wildman–Crippen MR) is 45.8 cm³/mol. The van der Waals surface area contributed by atoms with Crippen LogP contribution in [0.2, 0.25) is 0 Å². The minimum atomic E-state index is -0.460. The van der Waals surface area contributed by atoms with E-state index >= 15 is 0 Å². The summed E-state index contributed by atoms with van der Waals surface area (Å²) < 4.78 is 12.9. The summed E-state index contributed by atoms with van der Waals surface area (Å²) in [6.45, 7) is 3.42. The predicted octanol–water partition coefficient (Wildman–Crippen LogP) is 2.56. The number of aryl methyl sites for hydroxylation is 2. The maximum absolute atomic E-state index is 12.9. The summed E-state index contributed by atoms with van der Waals surface area (Å²) >= 11 is 0. The Balaban J connectivity index is 0. The van der Waals surface area contributed by atoms with Crippen LogP contribution < -0.4 is 0 Å². The molecule has 13 heavy (non-hydrogen) atoms. The summed E-state index contributed by atoms with van der Waals surface area (Å²) in [5.74, 6) is -0.460. The van der Waals surface area contributed by atoms with Crippen LogP contribution in [-0.4, -0.2) is 0 Å². The Morgan fingerprint density at radius 1 is 1.46 bits per heavy atom. The Bertz CT molecular complexity index is 328. The van der Waals surface area contributed by atoms with E-state index in [1.807, 2.05) is 0 Å². The van der Waals surface area contributed by atoms with Crippen LogP contribution in [0, 0.1) is 44.5 Å². The number of halogens is 1. The number of benzene rings is 1. The molecule has 0 spiro atoms. The molecule has 0 saturated heterocycles. The third kappa shape index (κ3) is 3.28. The fraction of sp³-hybridized carbons (Fsp3) is 0.200. The summed E-state index contributed by atoms with van der Waals surface area (Å²) in [4.78, 5) is 0. The first kappa shape index (κ1) is 14.8. The molecule has 0 aliphatic rings. The standard InChI is InChI=1S/C9H7FN.CH3.W/c1-6-3-7(2)9(10)8(4-6)5-11;;/h3H,1-2H3;1H3;/q2*-1;+2. The number of nitriles is 1. The van der Waals surface area contributed by atoms with Gasteiger partial charge in [0.15, 0.2) is 0 Å². The Morgan fingerprint density at radius 3 is 2.46 bits per heavy atom. The molecule has 0 atom stereocenters. The molecule has 0 aliphatic heterocycles. The molecule has 1 rings (SSSR count). The van der Waals surface area contributed by atoms with E-state index in [1.165, 1.54) is 0 Å². The van der Waals surface area contributed by atoms with Crippen molar-refractivity contribution in [2.24, 2.45) is 0 Å². The van der Waals surface area contributed by atoms with E-state index in [1.54, 1.807) is 26.0 Å². The minimum Gasteiger partial charge on any atom is -0.358 e. The molecule has 0 N–H and O–H groups in total. The van der Waals surface area contributed by atoms with Gasteiger partial charge in [0.25, 0.3) is 0 Å². The maximum Gasteiger partial charge on any atom is 2.00 e. The van der Waals surface area contributed by atoms with E-state index in [9.17, 15) is 4.39 Å². The average Bonchev–Trinajstić information content (AvgIpc) is 1.96. The molecule has 1 aromatic rings. The zero-order chi connectivity index (χ0) is 8.43. The van der Waals surface area contributed by atoms with E-state index < -0.39 is 5.82 Å². The molecular weight excluding hydrogens is 337 g/mol. The molecule has 0 heterocycles. The van der Waals surface area contributed by atoms with Crippen LogP contribution in [0.15, 0.2) is 6.07 Å². The van der Waals surface area contributed by atoms with Crippen molar-refractivity contribution in [3.63, 3.8) is 0 Å². The quantitative estimate of drug-likeness (QED) is 0.662. The van der Waals surface area contributed by atoms with Crippen molar-refractivity contribution in [3.05, 3.63) is 42.1 Å². The zero-order valence-corrected chi connectivity index (χ0v) is 10.7. The Hall–Kier alpha value is -0.672. The number of nitrogens with zero attached hydrogens (tertiary/aromatic N) is 1. The summed E-state index contributed by atoms with van der Waals surface area (Å²) in [7, 11) is 0. The van der Waals surface area contributed by atoms with E-state index in [0.717, 1.165) is 5.56 Å². The van der Waals surface area contributed by atoms with Crippen molar-refractivity contribution in [1.82, 2.24) is 0 Å². The van der Waals surface area contributed by atoms with Gasteiger partial charge in [-0.15, -0.1) is 17.7 Å². The topological polar surface area (TPSA) is 23.8 Å². The monoisotopic (exact) mass is 347 g/mol. The van der Waals surface area contributed by atoms with Gasteiger partial charge in [0.1, 0.15) is 0 Å².